The molecule has 0 bridgehead atoms. The zero-order valence-electron chi connectivity index (χ0n) is 14.9. The molecule has 4 rings (SSSR count). The quantitative estimate of drug-likeness (QED) is 0.723. The summed E-state index contributed by atoms with van der Waals surface area (Å²) in [6.07, 6.45) is 3.21. The Morgan fingerprint density at radius 2 is 1.93 bits per heavy atom. The third-order valence-corrected chi connectivity index (χ3v) is 4.25. The Morgan fingerprint density at radius 3 is 2.56 bits per heavy atom. The predicted octanol–water partition coefficient (Wildman–Crippen LogP) is 2.83. The summed E-state index contributed by atoms with van der Waals surface area (Å²) in [4.78, 5) is 12.1. The number of aryl methyl sites for hydroxylation is 1. The maximum absolute atomic E-state index is 12.1. The molecule has 0 saturated carbocycles. The second-order valence-electron chi connectivity index (χ2n) is 6.37. The van der Waals surface area contributed by atoms with E-state index in [1.807, 2.05) is 55.6 Å². The van der Waals surface area contributed by atoms with E-state index in [2.05, 4.69) is 25.9 Å². The normalized spacial score (nSPS) is 16.3. The first-order chi connectivity index (χ1) is 13.2. The smallest absolute Gasteiger partial charge is 0.253 e. The van der Waals surface area contributed by atoms with E-state index in [1.165, 1.54) is 0 Å². The SMILES string of the molecule is Cc1ccn(-c2ccc(Nc3ccc(NC(=O)C4CCCO4)cc3)nn2)n1. The fourth-order valence-electron chi connectivity index (χ4n) is 2.85. The number of ether oxygens (including phenoxy) is 1. The number of carbonyl (C=O) groups excluding carboxylic acids is 1. The highest BCUT2D eigenvalue weighted by Crippen LogP contribution is 2.19. The molecular weight excluding hydrogens is 344 g/mol. The molecule has 3 aromatic rings. The maximum atomic E-state index is 12.1. The number of benzene rings is 1. The van der Waals surface area contributed by atoms with Crippen molar-refractivity contribution in [3.63, 3.8) is 0 Å². The maximum Gasteiger partial charge on any atom is 0.253 e. The summed E-state index contributed by atoms with van der Waals surface area (Å²) >= 11 is 0. The highest BCUT2D eigenvalue weighted by Gasteiger charge is 2.23. The number of rotatable bonds is 5. The molecule has 1 unspecified atom stereocenters. The van der Waals surface area contributed by atoms with E-state index in [4.69, 9.17) is 4.74 Å². The number of aromatic nitrogens is 4. The van der Waals surface area contributed by atoms with Gasteiger partial charge in [0.05, 0.1) is 5.69 Å². The van der Waals surface area contributed by atoms with Gasteiger partial charge in [0.1, 0.15) is 6.10 Å². The third-order valence-electron chi connectivity index (χ3n) is 4.25. The van der Waals surface area contributed by atoms with Gasteiger partial charge in [-0.15, -0.1) is 10.2 Å². The summed E-state index contributed by atoms with van der Waals surface area (Å²) in [5, 5.41) is 18.7. The molecule has 1 saturated heterocycles. The van der Waals surface area contributed by atoms with Crippen LogP contribution in [0.5, 0.6) is 0 Å². The summed E-state index contributed by atoms with van der Waals surface area (Å²) in [5.41, 5.74) is 2.50. The van der Waals surface area contributed by atoms with Gasteiger partial charge in [0.15, 0.2) is 11.6 Å². The van der Waals surface area contributed by atoms with Gasteiger partial charge in [0.2, 0.25) is 0 Å². The van der Waals surface area contributed by atoms with Gasteiger partial charge in [0, 0.05) is 24.2 Å². The minimum atomic E-state index is -0.338. The van der Waals surface area contributed by atoms with Crippen molar-refractivity contribution in [3.05, 3.63) is 54.4 Å². The van der Waals surface area contributed by atoms with Crippen molar-refractivity contribution in [2.45, 2.75) is 25.9 Å². The molecule has 0 spiro atoms. The monoisotopic (exact) mass is 364 g/mol. The van der Waals surface area contributed by atoms with E-state index in [0.717, 1.165) is 29.9 Å². The topological polar surface area (TPSA) is 94.0 Å². The zero-order chi connectivity index (χ0) is 18.6. The van der Waals surface area contributed by atoms with Crippen LogP contribution in [-0.2, 0) is 9.53 Å². The lowest BCUT2D eigenvalue weighted by Crippen LogP contribution is -2.26. The Morgan fingerprint density at radius 1 is 1.11 bits per heavy atom. The first kappa shape index (κ1) is 17.2. The van der Waals surface area contributed by atoms with E-state index < -0.39 is 0 Å². The Labute approximate surface area is 156 Å². The second kappa shape index (κ2) is 7.55. The van der Waals surface area contributed by atoms with Crippen molar-refractivity contribution >= 4 is 23.1 Å². The Kier molecular flexibility index (Phi) is 4.80. The first-order valence-electron chi connectivity index (χ1n) is 8.83. The van der Waals surface area contributed by atoms with E-state index in [-0.39, 0.29) is 12.0 Å². The molecule has 0 radical (unpaired) electrons. The molecule has 2 N–H and O–H groups in total. The van der Waals surface area contributed by atoms with Gasteiger partial charge in [-0.25, -0.2) is 4.68 Å². The molecule has 8 heteroatoms. The van der Waals surface area contributed by atoms with Gasteiger partial charge in [-0.3, -0.25) is 4.79 Å². The van der Waals surface area contributed by atoms with Gasteiger partial charge in [-0.1, -0.05) is 0 Å². The van der Waals surface area contributed by atoms with Crippen molar-refractivity contribution in [1.29, 1.82) is 0 Å². The molecule has 1 aliphatic rings. The first-order valence-corrected chi connectivity index (χ1v) is 8.83. The number of nitrogens with one attached hydrogen (secondary N) is 2. The highest BCUT2D eigenvalue weighted by atomic mass is 16.5. The average molecular weight is 364 g/mol. The molecule has 1 atom stereocenters. The average Bonchev–Trinajstić information content (AvgIpc) is 3.36. The van der Waals surface area contributed by atoms with Crippen LogP contribution >= 0.6 is 0 Å². The Balaban J connectivity index is 1.37. The minimum absolute atomic E-state index is 0.0940. The van der Waals surface area contributed by atoms with E-state index in [1.54, 1.807) is 4.68 Å². The number of anilines is 3. The number of carbonyl (C=O) groups is 1. The van der Waals surface area contributed by atoms with Crippen LogP contribution in [0.4, 0.5) is 17.2 Å². The summed E-state index contributed by atoms with van der Waals surface area (Å²) in [5.74, 6) is 1.18. The summed E-state index contributed by atoms with van der Waals surface area (Å²) in [7, 11) is 0. The van der Waals surface area contributed by atoms with Crippen LogP contribution in [0.1, 0.15) is 18.5 Å². The Bertz CT molecular complexity index is 914. The van der Waals surface area contributed by atoms with Gasteiger partial charge >= 0.3 is 0 Å². The van der Waals surface area contributed by atoms with Crippen LogP contribution in [0.3, 0.4) is 0 Å². The Hall–Kier alpha value is -3.26. The number of amides is 1. The fourth-order valence-corrected chi connectivity index (χ4v) is 2.85. The zero-order valence-corrected chi connectivity index (χ0v) is 14.9. The number of hydrogen-bond donors (Lipinski definition) is 2. The lowest BCUT2D eigenvalue weighted by atomic mass is 10.2. The van der Waals surface area contributed by atoms with Crippen molar-refractivity contribution < 1.29 is 9.53 Å². The number of nitrogens with zero attached hydrogens (tertiary/aromatic N) is 4. The summed E-state index contributed by atoms with van der Waals surface area (Å²) < 4.78 is 7.07. The highest BCUT2D eigenvalue weighted by molar-refractivity contribution is 5.94. The molecule has 1 fully saturated rings. The van der Waals surface area contributed by atoms with Gasteiger partial charge < -0.3 is 15.4 Å². The fraction of sp³-hybridized carbons (Fsp3) is 0.263. The molecule has 2 aromatic heterocycles. The van der Waals surface area contributed by atoms with Gasteiger partial charge in [0.25, 0.3) is 5.91 Å². The van der Waals surface area contributed by atoms with Crippen LogP contribution in [-0.4, -0.2) is 38.6 Å². The van der Waals surface area contributed by atoms with Crippen molar-refractivity contribution in [2.75, 3.05) is 17.2 Å². The summed E-state index contributed by atoms with van der Waals surface area (Å²) in [6.45, 7) is 2.58. The van der Waals surface area contributed by atoms with Crippen LogP contribution in [0.2, 0.25) is 0 Å². The molecule has 1 aliphatic heterocycles. The van der Waals surface area contributed by atoms with E-state index in [0.29, 0.717) is 18.2 Å². The van der Waals surface area contributed by atoms with Crippen molar-refractivity contribution in [2.24, 2.45) is 0 Å². The van der Waals surface area contributed by atoms with Crippen molar-refractivity contribution in [3.8, 4) is 5.82 Å². The van der Waals surface area contributed by atoms with Crippen LogP contribution in [0.25, 0.3) is 5.82 Å². The second-order valence-corrected chi connectivity index (χ2v) is 6.37. The van der Waals surface area contributed by atoms with Gasteiger partial charge in [-0.2, -0.15) is 5.10 Å². The third kappa shape index (κ3) is 4.12. The molecule has 138 valence electrons. The molecular formula is C19H20N6O2. The molecule has 27 heavy (non-hydrogen) atoms. The molecule has 1 aromatic carbocycles. The molecule has 3 heterocycles. The lowest BCUT2D eigenvalue weighted by Gasteiger charge is -2.11. The van der Waals surface area contributed by atoms with Crippen LogP contribution in [0.15, 0.2) is 48.7 Å². The van der Waals surface area contributed by atoms with Crippen LogP contribution in [0, 0.1) is 6.92 Å². The summed E-state index contributed by atoms with van der Waals surface area (Å²) in [6, 6.07) is 13.0. The van der Waals surface area contributed by atoms with Gasteiger partial charge in [-0.05, 0) is 62.2 Å². The molecule has 8 nitrogen and oxygen atoms in total. The largest absolute Gasteiger partial charge is 0.368 e. The predicted molar refractivity (Wildman–Crippen MR) is 101 cm³/mol. The van der Waals surface area contributed by atoms with E-state index >= 15 is 0 Å². The lowest BCUT2D eigenvalue weighted by molar-refractivity contribution is -0.124. The molecule has 0 aliphatic carbocycles. The number of hydrogen-bond acceptors (Lipinski definition) is 6. The standard InChI is InChI=1S/C19H20N6O2/c1-13-10-11-25(24-13)18-9-8-17(22-23-18)20-14-4-6-15(7-5-14)21-19(26)16-3-2-12-27-16/h4-11,16H,2-3,12H2,1H3,(H,20,22)(H,21,26). The molecule has 1 amide bonds. The van der Waals surface area contributed by atoms with E-state index in [9.17, 15) is 4.79 Å². The van der Waals surface area contributed by atoms with Crippen LogP contribution < -0.4 is 10.6 Å². The van der Waals surface area contributed by atoms with Crippen molar-refractivity contribution in [1.82, 2.24) is 20.0 Å². The minimum Gasteiger partial charge on any atom is -0.368 e.